The molecular formula is C14H12ClFN2O2. The smallest absolute Gasteiger partial charge is 0.304 e. The lowest BCUT2D eigenvalue weighted by atomic mass is 10.2. The Labute approximate surface area is 120 Å². The van der Waals surface area contributed by atoms with Crippen LogP contribution in [-0.2, 0) is 6.54 Å². The zero-order valence-electron chi connectivity index (χ0n) is 10.7. The summed E-state index contributed by atoms with van der Waals surface area (Å²) in [5, 5.41) is 14.2. The molecule has 4 nitrogen and oxygen atoms in total. The minimum absolute atomic E-state index is 0.331. The first-order valence-electron chi connectivity index (χ1n) is 5.90. The van der Waals surface area contributed by atoms with E-state index in [1.807, 2.05) is 25.1 Å². The van der Waals surface area contributed by atoms with Crippen LogP contribution in [0.25, 0.3) is 0 Å². The predicted molar refractivity (Wildman–Crippen MR) is 76.6 cm³/mol. The lowest BCUT2D eigenvalue weighted by Gasteiger charge is -2.09. The molecular weight excluding hydrogens is 283 g/mol. The third kappa shape index (κ3) is 3.24. The van der Waals surface area contributed by atoms with Gasteiger partial charge in [0.05, 0.1) is 15.6 Å². The zero-order valence-corrected chi connectivity index (χ0v) is 11.4. The van der Waals surface area contributed by atoms with Gasteiger partial charge in [0.15, 0.2) is 0 Å². The Morgan fingerprint density at radius 3 is 2.65 bits per heavy atom. The number of halogens is 2. The molecule has 2 aromatic carbocycles. The van der Waals surface area contributed by atoms with Crippen molar-refractivity contribution in [3.05, 3.63) is 68.5 Å². The van der Waals surface area contributed by atoms with Gasteiger partial charge in [-0.05, 0) is 36.2 Å². The van der Waals surface area contributed by atoms with Crippen LogP contribution >= 0.6 is 11.6 Å². The van der Waals surface area contributed by atoms with Gasteiger partial charge in [0.25, 0.3) is 0 Å². The lowest BCUT2D eigenvalue weighted by molar-refractivity contribution is -0.387. The third-order valence-corrected chi connectivity index (χ3v) is 3.13. The monoisotopic (exact) mass is 294 g/mol. The van der Waals surface area contributed by atoms with Gasteiger partial charge in [-0.2, -0.15) is 4.39 Å². The predicted octanol–water partition coefficient (Wildman–Crippen LogP) is 4.31. The van der Waals surface area contributed by atoms with E-state index in [1.165, 1.54) is 6.07 Å². The minimum atomic E-state index is -0.843. The quantitative estimate of drug-likeness (QED) is 0.675. The Kier molecular flexibility index (Phi) is 4.20. The van der Waals surface area contributed by atoms with Gasteiger partial charge in [0, 0.05) is 12.6 Å². The van der Waals surface area contributed by atoms with Crippen molar-refractivity contribution in [1.82, 2.24) is 0 Å². The molecule has 0 atom stereocenters. The molecule has 0 radical (unpaired) electrons. The van der Waals surface area contributed by atoms with E-state index in [0.29, 0.717) is 17.1 Å². The van der Waals surface area contributed by atoms with E-state index in [-0.39, 0.29) is 0 Å². The first kappa shape index (κ1) is 14.3. The lowest BCUT2D eigenvalue weighted by Crippen LogP contribution is -2.01. The van der Waals surface area contributed by atoms with Crippen LogP contribution in [0.3, 0.4) is 0 Å². The number of rotatable bonds is 4. The van der Waals surface area contributed by atoms with Gasteiger partial charge in [0.1, 0.15) is 0 Å². The number of hydrogen-bond donors (Lipinski definition) is 1. The molecule has 6 heteroatoms. The second kappa shape index (κ2) is 5.88. The van der Waals surface area contributed by atoms with Crippen molar-refractivity contribution >= 4 is 23.0 Å². The van der Waals surface area contributed by atoms with Crippen LogP contribution in [0.5, 0.6) is 0 Å². The standard InChI is InChI=1S/C14H12ClFN2O2/c1-9-2-4-13(11(15)6-9)17-8-10-3-5-14(18(19)20)12(16)7-10/h2-7,17H,8H2,1H3. The maximum atomic E-state index is 13.5. The van der Waals surface area contributed by atoms with Gasteiger partial charge in [-0.3, -0.25) is 10.1 Å². The highest BCUT2D eigenvalue weighted by Gasteiger charge is 2.13. The van der Waals surface area contributed by atoms with Gasteiger partial charge in [-0.25, -0.2) is 0 Å². The number of benzene rings is 2. The Bertz CT molecular complexity index is 662. The highest BCUT2D eigenvalue weighted by Crippen LogP contribution is 2.24. The second-order valence-electron chi connectivity index (χ2n) is 4.38. The average Bonchev–Trinajstić information content (AvgIpc) is 2.37. The van der Waals surface area contributed by atoms with Gasteiger partial charge in [-0.15, -0.1) is 0 Å². The van der Waals surface area contributed by atoms with Crippen molar-refractivity contribution in [3.8, 4) is 0 Å². The molecule has 0 amide bonds. The fourth-order valence-corrected chi connectivity index (χ4v) is 2.07. The van der Waals surface area contributed by atoms with E-state index in [0.717, 1.165) is 23.4 Å². The van der Waals surface area contributed by atoms with Crippen LogP contribution in [-0.4, -0.2) is 4.92 Å². The van der Waals surface area contributed by atoms with Crippen molar-refractivity contribution in [2.45, 2.75) is 13.5 Å². The Morgan fingerprint density at radius 1 is 1.30 bits per heavy atom. The number of aryl methyl sites for hydroxylation is 1. The summed E-state index contributed by atoms with van der Waals surface area (Å²) in [5.41, 5.74) is 1.85. The number of anilines is 1. The number of nitrogens with one attached hydrogen (secondary N) is 1. The molecule has 0 saturated carbocycles. The number of hydrogen-bond acceptors (Lipinski definition) is 3. The molecule has 0 bridgehead atoms. The molecule has 0 saturated heterocycles. The summed E-state index contributed by atoms with van der Waals surface area (Å²) in [6.45, 7) is 2.26. The molecule has 2 aromatic rings. The Morgan fingerprint density at radius 2 is 2.05 bits per heavy atom. The van der Waals surface area contributed by atoms with Crippen molar-refractivity contribution in [3.63, 3.8) is 0 Å². The maximum Gasteiger partial charge on any atom is 0.304 e. The fraction of sp³-hybridized carbons (Fsp3) is 0.143. The SMILES string of the molecule is Cc1ccc(NCc2ccc([N+](=O)[O-])c(F)c2)c(Cl)c1. The van der Waals surface area contributed by atoms with Crippen LogP contribution in [0, 0.1) is 22.9 Å². The minimum Gasteiger partial charge on any atom is -0.380 e. The van der Waals surface area contributed by atoms with Gasteiger partial charge >= 0.3 is 5.69 Å². The van der Waals surface area contributed by atoms with E-state index in [1.54, 1.807) is 0 Å². The summed E-state index contributed by atoms with van der Waals surface area (Å²) in [5.74, 6) is -0.843. The van der Waals surface area contributed by atoms with Crippen LogP contribution in [0.4, 0.5) is 15.8 Å². The summed E-state index contributed by atoms with van der Waals surface area (Å²) in [4.78, 5) is 9.77. The van der Waals surface area contributed by atoms with Crippen molar-refractivity contribution in [1.29, 1.82) is 0 Å². The summed E-state index contributed by atoms with van der Waals surface area (Å²) in [7, 11) is 0. The van der Waals surface area contributed by atoms with Crippen molar-refractivity contribution in [2.24, 2.45) is 0 Å². The van der Waals surface area contributed by atoms with Gasteiger partial charge in [0.2, 0.25) is 5.82 Å². The van der Waals surface area contributed by atoms with Gasteiger partial charge < -0.3 is 5.32 Å². The topological polar surface area (TPSA) is 55.2 Å². The molecule has 0 spiro atoms. The van der Waals surface area contributed by atoms with Crippen LogP contribution in [0.1, 0.15) is 11.1 Å². The summed E-state index contributed by atoms with van der Waals surface area (Å²) in [6.07, 6.45) is 0. The molecule has 0 aliphatic heterocycles. The van der Waals surface area contributed by atoms with Crippen molar-refractivity contribution in [2.75, 3.05) is 5.32 Å². The highest BCUT2D eigenvalue weighted by molar-refractivity contribution is 6.33. The molecule has 2 rings (SSSR count). The summed E-state index contributed by atoms with van der Waals surface area (Å²) >= 11 is 6.07. The first-order chi connectivity index (χ1) is 9.47. The van der Waals surface area contributed by atoms with Crippen LogP contribution in [0.15, 0.2) is 36.4 Å². The maximum absolute atomic E-state index is 13.5. The Hall–Kier alpha value is -2.14. The first-order valence-corrected chi connectivity index (χ1v) is 6.28. The van der Waals surface area contributed by atoms with Crippen LogP contribution in [0.2, 0.25) is 5.02 Å². The molecule has 0 fully saturated rings. The number of nitro groups is 1. The molecule has 1 N–H and O–H groups in total. The number of nitrogens with zero attached hydrogens (tertiary/aromatic N) is 1. The zero-order chi connectivity index (χ0) is 14.7. The molecule has 0 heterocycles. The highest BCUT2D eigenvalue weighted by atomic mass is 35.5. The van der Waals surface area contributed by atoms with E-state index >= 15 is 0 Å². The molecule has 20 heavy (non-hydrogen) atoms. The molecule has 0 aliphatic rings. The fourth-order valence-electron chi connectivity index (χ4n) is 1.77. The molecule has 104 valence electrons. The van der Waals surface area contributed by atoms with Crippen molar-refractivity contribution < 1.29 is 9.31 Å². The molecule has 0 unspecified atom stereocenters. The Balaban J connectivity index is 2.11. The third-order valence-electron chi connectivity index (χ3n) is 2.82. The number of nitro benzene ring substituents is 1. The van der Waals surface area contributed by atoms with Gasteiger partial charge in [-0.1, -0.05) is 23.7 Å². The summed E-state index contributed by atoms with van der Waals surface area (Å²) < 4.78 is 13.5. The van der Waals surface area contributed by atoms with E-state index < -0.39 is 16.4 Å². The van der Waals surface area contributed by atoms with E-state index in [9.17, 15) is 14.5 Å². The largest absolute Gasteiger partial charge is 0.380 e. The van der Waals surface area contributed by atoms with E-state index in [2.05, 4.69) is 5.32 Å². The second-order valence-corrected chi connectivity index (χ2v) is 4.79. The van der Waals surface area contributed by atoms with E-state index in [4.69, 9.17) is 11.6 Å². The molecule has 0 aromatic heterocycles. The summed E-state index contributed by atoms with van der Waals surface area (Å²) in [6, 6.07) is 9.37. The average molecular weight is 295 g/mol. The normalized spacial score (nSPS) is 10.3. The molecule has 0 aliphatic carbocycles. The van der Waals surface area contributed by atoms with Crippen LogP contribution < -0.4 is 5.32 Å².